The monoisotopic (exact) mass is 277 g/mol. The Morgan fingerprint density at radius 1 is 1.25 bits per heavy atom. The Kier molecular flexibility index (Phi) is 3.66. The van der Waals surface area contributed by atoms with Crippen LogP contribution in [0.2, 0.25) is 0 Å². The molecule has 16 heavy (non-hydrogen) atoms. The van der Waals surface area contributed by atoms with Gasteiger partial charge >= 0.3 is 0 Å². The van der Waals surface area contributed by atoms with Crippen molar-refractivity contribution in [3.8, 4) is 6.07 Å². The molecular formula is C14H16BrN. The molecule has 0 unspecified atom stereocenters. The molecule has 0 amide bonds. The van der Waals surface area contributed by atoms with Gasteiger partial charge in [0.25, 0.3) is 0 Å². The average molecular weight is 278 g/mol. The summed E-state index contributed by atoms with van der Waals surface area (Å²) in [6.07, 6.45) is 6.82. The molecule has 2 rings (SSSR count). The van der Waals surface area contributed by atoms with Crippen molar-refractivity contribution in [2.45, 2.75) is 43.9 Å². The second kappa shape index (κ2) is 5.01. The van der Waals surface area contributed by atoms with E-state index >= 15 is 0 Å². The zero-order valence-corrected chi connectivity index (χ0v) is 11.0. The lowest BCUT2D eigenvalue weighted by atomic mass is 9.68. The van der Waals surface area contributed by atoms with Gasteiger partial charge < -0.3 is 0 Å². The summed E-state index contributed by atoms with van der Waals surface area (Å²) in [5.41, 5.74) is 1.46. The Morgan fingerprint density at radius 2 is 2.00 bits per heavy atom. The number of halogens is 1. The summed E-state index contributed by atoms with van der Waals surface area (Å²) in [5.74, 6) is 0. The molecule has 2 heteroatoms. The fourth-order valence-electron chi connectivity index (χ4n) is 2.77. The SMILES string of the molecule is N#CCC1(c2cccc(Br)c2)CCCCC1. The van der Waals surface area contributed by atoms with E-state index in [0.29, 0.717) is 6.42 Å². The van der Waals surface area contributed by atoms with Crippen LogP contribution in [0.5, 0.6) is 0 Å². The van der Waals surface area contributed by atoms with Crippen molar-refractivity contribution in [3.05, 3.63) is 34.3 Å². The summed E-state index contributed by atoms with van der Waals surface area (Å²) in [5, 5.41) is 9.05. The van der Waals surface area contributed by atoms with Gasteiger partial charge in [-0.3, -0.25) is 0 Å². The minimum Gasteiger partial charge on any atom is -0.198 e. The van der Waals surface area contributed by atoms with E-state index in [1.54, 1.807) is 0 Å². The van der Waals surface area contributed by atoms with E-state index < -0.39 is 0 Å². The highest BCUT2D eigenvalue weighted by Gasteiger charge is 2.33. The van der Waals surface area contributed by atoms with Crippen molar-refractivity contribution in [2.24, 2.45) is 0 Å². The number of hydrogen-bond donors (Lipinski definition) is 0. The second-order valence-corrected chi connectivity index (χ2v) is 5.60. The predicted molar refractivity (Wildman–Crippen MR) is 69.1 cm³/mol. The Morgan fingerprint density at radius 3 is 2.62 bits per heavy atom. The third kappa shape index (κ3) is 2.30. The maximum Gasteiger partial charge on any atom is 0.0631 e. The molecule has 0 heterocycles. The smallest absolute Gasteiger partial charge is 0.0631 e. The number of rotatable bonds is 2. The van der Waals surface area contributed by atoms with Crippen LogP contribution in [0.1, 0.15) is 44.1 Å². The minimum absolute atomic E-state index is 0.122. The number of hydrogen-bond acceptors (Lipinski definition) is 1. The third-order valence-electron chi connectivity index (χ3n) is 3.67. The zero-order chi connectivity index (χ0) is 11.4. The van der Waals surface area contributed by atoms with Gasteiger partial charge in [0.15, 0.2) is 0 Å². The lowest BCUT2D eigenvalue weighted by Gasteiger charge is -2.36. The van der Waals surface area contributed by atoms with Gasteiger partial charge in [-0.25, -0.2) is 0 Å². The van der Waals surface area contributed by atoms with Crippen molar-refractivity contribution < 1.29 is 0 Å². The van der Waals surface area contributed by atoms with Crippen molar-refractivity contribution in [3.63, 3.8) is 0 Å². The van der Waals surface area contributed by atoms with Crippen LogP contribution >= 0.6 is 15.9 Å². The van der Waals surface area contributed by atoms with Crippen LogP contribution in [-0.2, 0) is 5.41 Å². The quantitative estimate of drug-likeness (QED) is 0.777. The van der Waals surface area contributed by atoms with E-state index in [1.165, 1.54) is 24.8 Å². The molecule has 1 aromatic rings. The van der Waals surface area contributed by atoms with Crippen LogP contribution in [-0.4, -0.2) is 0 Å². The van der Waals surface area contributed by atoms with E-state index in [1.807, 2.05) is 6.07 Å². The molecule has 0 saturated heterocycles. The minimum atomic E-state index is 0.122. The molecular weight excluding hydrogens is 262 g/mol. The summed E-state index contributed by atoms with van der Waals surface area (Å²) >= 11 is 3.52. The van der Waals surface area contributed by atoms with Gasteiger partial charge in [-0.15, -0.1) is 0 Å². The van der Waals surface area contributed by atoms with Crippen molar-refractivity contribution >= 4 is 15.9 Å². The zero-order valence-electron chi connectivity index (χ0n) is 9.38. The second-order valence-electron chi connectivity index (χ2n) is 4.69. The maximum atomic E-state index is 9.05. The first-order chi connectivity index (χ1) is 7.77. The average Bonchev–Trinajstić information content (AvgIpc) is 2.31. The van der Waals surface area contributed by atoms with Crippen LogP contribution in [0.25, 0.3) is 0 Å². The summed E-state index contributed by atoms with van der Waals surface area (Å²) in [7, 11) is 0. The van der Waals surface area contributed by atoms with Gasteiger partial charge in [0.1, 0.15) is 0 Å². The fourth-order valence-corrected chi connectivity index (χ4v) is 3.16. The molecule has 1 saturated carbocycles. The van der Waals surface area contributed by atoms with Crippen LogP contribution in [0, 0.1) is 11.3 Å². The fraction of sp³-hybridized carbons (Fsp3) is 0.500. The van der Waals surface area contributed by atoms with Crippen LogP contribution in [0.3, 0.4) is 0 Å². The van der Waals surface area contributed by atoms with E-state index in [9.17, 15) is 0 Å². The Bertz CT molecular complexity index is 399. The number of nitrogens with zero attached hydrogens (tertiary/aromatic N) is 1. The summed E-state index contributed by atoms with van der Waals surface area (Å²) in [6.45, 7) is 0. The van der Waals surface area contributed by atoms with Gasteiger partial charge in [0, 0.05) is 16.3 Å². The van der Waals surface area contributed by atoms with Gasteiger partial charge in [0.2, 0.25) is 0 Å². The predicted octanol–water partition coefficient (Wildman–Crippen LogP) is 4.56. The Balaban J connectivity index is 2.35. The third-order valence-corrected chi connectivity index (χ3v) is 4.16. The lowest BCUT2D eigenvalue weighted by Crippen LogP contribution is -2.28. The van der Waals surface area contributed by atoms with Gasteiger partial charge in [-0.1, -0.05) is 47.3 Å². The maximum absolute atomic E-state index is 9.05. The van der Waals surface area contributed by atoms with Crippen molar-refractivity contribution in [1.29, 1.82) is 5.26 Å². The Hall–Kier alpha value is -0.810. The molecule has 1 aliphatic carbocycles. The molecule has 0 bridgehead atoms. The molecule has 1 aliphatic rings. The summed E-state index contributed by atoms with van der Waals surface area (Å²) in [6, 6.07) is 10.9. The molecule has 0 radical (unpaired) electrons. The number of benzene rings is 1. The van der Waals surface area contributed by atoms with Crippen molar-refractivity contribution in [2.75, 3.05) is 0 Å². The van der Waals surface area contributed by atoms with Crippen molar-refractivity contribution in [1.82, 2.24) is 0 Å². The van der Waals surface area contributed by atoms with E-state index in [-0.39, 0.29) is 5.41 Å². The summed E-state index contributed by atoms with van der Waals surface area (Å²) < 4.78 is 1.12. The molecule has 0 spiro atoms. The highest BCUT2D eigenvalue weighted by atomic mass is 79.9. The first-order valence-corrected chi connectivity index (χ1v) is 6.69. The standard InChI is InChI=1S/C14H16BrN/c15-13-6-4-5-12(11-13)14(9-10-16)7-2-1-3-8-14/h4-6,11H,1-3,7-9H2. The highest BCUT2D eigenvalue weighted by molar-refractivity contribution is 9.10. The molecule has 0 aliphatic heterocycles. The molecule has 1 fully saturated rings. The molecule has 1 aromatic carbocycles. The first-order valence-electron chi connectivity index (χ1n) is 5.90. The topological polar surface area (TPSA) is 23.8 Å². The van der Waals surface area contributed by atoms with Crippen LogP contribution in [0.15, 0.2) is 28.7 Å². The van der Waals surface area contributed by atoms with Crippen LogP contribution < -0.4 is 0 Å². The largest absolute Gasteiger partial charge is 0.198 e. The van der Waals surface area contributed by atoms with E-state index in [0.717, 1.165) is 17.3 Å². The molecule has 0 aromatic heterocycles. The summed E-state index contributed by atoms with van der Waals surface area (Å²) in [4.78, 5) is 0. The highest BCUT2D eigenvalue weighted by Crippen LogP contribution is 2.42. The van der Waals surface area contributed by atoms with E-state index in [4.69, 9.17) is 5.26 Å². The van der Waals surface area contributed by atoms with Crippen LogP contribution in [0.4, 0.5) is 0 Å². The first kappa shape index (κ1) is 11.7. The van der Waals surface area contributed by atoms with Gasteiger partial charge in [-0.05, 0) is 30.5 Å². The number of nitriles is 1. The van der Waals surface area contributed by atoms with Gasteiger partial charge in [0.05, 0.1) is 6.07 Å². The molecule has 0 N–H and O–H groups in total. The molecule has 0 atom stereocenters. The van der Waals surface area contributed by atoms with E-state index in [2.05, 4.69) is 40.2 Å². The molecule has 1 nitrogen and oxygen atoms in total. The normalized spacial score (nSPS) is 19.0. The molecule has 84 valence electrons. The van der Waals surface area contributed by atoms with Gasteiger partial charge in [-0.2, -0.15) is 5.26 Å². The Labute approximate surface area is 106 Å². The lowest BCUT2D eigenvalue weighted by molar-refractivity contribution is 0.297.